The second-order valence-corrected chi connectivity index (χ2v) is 5.99. The van der Waals surface area contributed by atoms with Gasteiger partial charge in [-0.1, -0.05) is 22.9 Å². The summed E-state index contributed by atoms with van der Waals surface area (Å²) in [5.74, 6) is 0.950. The van der Waals surface area contributed by atoms with E-state index in [1.54, 1.807) is 0 Å². The maximum atomic E-state index is 5.87. The van der Waals surface area contributed by atoms with Crippen molar-refractivity contribution in [2.24, 2.45) is 5.92 Å². The highest BCUT2D eigenvalue weighted by Gasteiger charge is 2.23. The van der Waals surface area contributed by atoms with E-state index in [9.17, 15) is 0 Å². The normalized spacial score (nSPS) is 15.5. The van der Waals surface area contributed by atoms with E-state index in [2.05, 4.69) is 39.9 Å². The smallest absolute Gasteiger partial charge is 0.0328 e. The maximum absolute atomic E-state index is 5.87. The van der Waals surface area contributed by atoms with Crippen LogP contribution in [-0.2, 0) is 6.54 Å². The molecule has 0 heterocycles. The summed E-state index contributed by atoms with van der Waals surface area (Å²) in [6, 6.07) is 6.21. The van der Waals surface area contributed by atoms with Gasteiger partial charge < -0.3 is 5.73 Å². The minimum Gasteiger partial charge on any atom is -0.399 e. The van der Waals surface area contributed by atoms with Crippen LogP contribution in [0.3, 0.4) is 0 Å². The van der Waals surface area contributed by atoms with Crippen molar-refractivity contribution < 1.29 is 0 Å². The Morgan fingerprint density at radius 3 is 2.71 bits per heavy atom. The number of nitrogens with two attached hydrogens (primary N) is 1. The van der Waals surface area contributed by atoms with Gasteiger partial charge in [0.15, 0.2) is 0 Å². The van der Waals surface area contributed by atoms with E-state index in [4.69, 9.17) is 5.73 Å². The van der Waals surface area contributed by atoms with Gasteiger partial charge in [-0.25, -0.2) is 0 Å². The van der Waals surface area contributed by atoms with E-state index in [0.717, 1.165) is 22.6 Å². The number of nitrogens with zero attached hydrogens (tertiary/aromatic N) is 1. The summed E-state index contributed by atoms with van der Waals surface area (Å²) in [6.07, 6.45) is 4.05. The SMILES string of the molecule is CCCN(Cc1cc(N)cc(Br)c1)CC1CC1. The first-order valence-electron chi connectivity index (χ1n) is 6.44. The molecule has 0 saturated heterocycles. The fourth-order valence-corrected chi connectivity index (χ4v) is 2.80. The van der Waals surface area contributed by atoms with E-state index < -0.39 is 0 Å². The third kappa shape index (κ3) is 4.32. The molecule has 0 atom stereocenters. The van der Waals surface area contributed by atoms with Crippen molar-refractivity contribution in [1.82, 2.24) is 4.90 Å². The van der Waals surface area contributed by atoms with Gasteiger partial charge in [-0.3, -0.25) is 4.90 Å². The Balaban J connectivity index is 1.99. The van der Waals surface area contributed by atoms with E-state index in [0.29, 0.717) is 0 Å². The lowest BCUT2D eigenvalue weighted by Crippen LogP contribution is -2.26. The summed E-state index contributed by atoms with van der Waals surface area (Å²) < 4.78 is 1.08. The molecule has 0 aliphatic heterocycles. The second-order valence-electron chi connectivity index (χ2n) is 5.07. The molecule has 0 aromatic heterocycles. The van der Waals surface area contributed by atoms with Crippen molar-refractivity contribution in [2.75, 3.05) is 18.8 Å². The third-order valence-electron chi connectivity index (χ3n) is 3.14. The highest BCUT2D eigenvalue weighted by atomic mass is 79.9. The fraction of sp³-hybridized carbons (Fsp3) is 0.571. The number of nitrogen functional groups attached to an aromatic ring is 1. The van der Waals surface area contributed by atoms with Crippen LogP contribution in [0.25, 0.3) is 0 Å². The lowest BCUT2D eigenvalue weighted by molar-refractivity contribution is 0.255. The lowest BCUT2D eigenvalue weighted by Gasteiger charge is -2.21. The van der Waals surface area contributed by atoms with Crippen LogP contribution < -0.4 is 5.73 Å². The molecule has 1 saturated carbocycles. The Bertz CT molecular complexity index is 354. The van der Waals surface area contributed by atoms with Gasteiger partial charge in [0.1, 0.15) is 0 Å². The molecule has 1 aliphatic carbocycles. The standard InChI is InChI=1S/C14H21BrN2/c1-2-5-17(9-11-3-4-11)10-12-6-13(15)8-14(16)7-12/h6-8,11H,2-5,9-10,16H2,1H3. The van der Waals surface area contributed by atoms with Crippen LogP contribution in [0.4, 0.5) is 5.69 Å². The molecule has 3 heteroatoms. The average molecular weight is 297 g/mol. The molecule has 2 nitrogen and oxygen atoms in total. The number of benzene rings is 1. The van der Waals surface area contributed by atoms with Crippen molar-refractivity contribution in [3.8, 4) is 0 Å². The summed E-state index contributed by atoms with van der Waals surface area (Å²) >= 11 is 3.51. The van der Waals surface area contributed by atoms with E-state index in [1.165, 1.54) is 37.9 Å². The molecule has 1 aromatic carbocycles. The molecule has 0 radical (unpaired) electrons. The van der Waals surface area contributed by atoms with Gasteiger partial charge in [-0.15, -0.1) is 0 Å². The summed E-state index contributed by atoms with van der Waals surface area (Å²) in [5.41, 5.74) is 8.03. The zero-order chi connectivity index (χ0) is 12.3. The number of rotatable bonds is 6. The Morgan fingerprint density at radius 1 is 1.35 bits per heavy atom. The Labute approximate surface area is 112 Å². The molecule has 2 rings (SSSR count). The van der Waals surface area contributed by atoms with Crippen molar-refractivity contribution in [2.45, 2.75) is 32.7 Å². The molecular weight excluding hydrogens is 276 g/mol. The van der Waals surface area contributed by atoms with Crippen LogP contribution in [-0.4, -0.2) is 18.0 Å². The molecule has 0 bridgehead atoms. The first kappa shape index (κ1) is 12.9. The average Bonchev–Trinajstić information content (AvgIpc) is 3.00. The predicted molar refractivity (Wildman–Crippen MR) is 76.8 cm³/mol. The number of hydrogen-bond donors (Lipinski definition) is 1. The van der Waals surface area contributed by atoms with Crippen LogP contribution in [0.15, 0.2) is 22.7 Å². The maximum Gasteiger partial charge on any atom is 0.0328 e. The Kier molecular flexibility index (Phi) is 4.46. The van der Waals surface area contributed by atoms with E-state index in [1.807, 2.05) is 6.07 Å². The largest absolute Gasteiger partial charge is 0.399 e. The van der Waals surface area contributed by atoms with Gasteiger partial charge in [0, 0.05) is 23.2 Å². The van der Waals surface area contributed by atoms with Gasteiger partial charge in [0.05, 0.1) is 0 Å². The summed E-state index contributed by atoms with van der Waals surface area (Å²) in [6.45, 7) is 5.70. The summed E-state index contributed by atoms with van der Waals surface area (Å²) in [5, 5.41) is 0. The van der Waals surface area contributed by atoms with E-state index in [-0.39, 0.29) is 0 Å². The van der Waals surface area contributed by atoms with Gasteiger partial charge in [0.2, 0.25) is 0 Å². The molecule has 0 unspecified atom stereocenters. The van der Waals surface area contributed by atoms with Crippen molar-refractivity contribution in [1.29, 1.82) is 0 Å². The van der Waals surface area contributed by atoms with Crippen molar-refractivity contribution in [3.05, 3.63) is 28.2 Å². The predicted octanol–water partition coefficient (Wildman–Crippen LogP) is 3.65. The zero-order valence-electron chi connectivity index (χ0n) is 10.5. The molecule has 17 heavy (non-hydrogen) atoms. The highest BCUT2D eigenvalue weighted by Crippen LogP contribution is 2.30. The Morgan fingerprint density at radius 2 is 2.12 bits per heavy atom. The lowest BCUT2D eigenvalue weighted by atomic mass is 10.2. The second kappa shape index (κ2) is 5.87. The van der Waals surface area contributed by atoms with Gasteiger partial charge in [-0.2, -0.15) is 0 Å². The Hall–Kier alpha value is -0.540. The van der Waals surface area contributed by atoms with Crippen LogP contribution in [0.1, 0.15) is 31.7 Å². The fourth-order valence-electron chi connectivity index (χ4n) is 2.24. The molecule has 94 valence electrons. The minimum absolute atomic E-state index is 0.845. The quantitative estimate of drug-likeness (QED) is 0.812. The molecule has 1 aliphatic rings. The van der Waals surface area contributed by atoms with Crippen LogP contribution in [0, 0.1) is 5.92 Å². The molecule has 1 aromatic rings. The monoisotopic (exact) mass is 296 g/mol. The molecule has 0 spiro atoms. The van der Waals surface area contributed by atoms with Gasteiger partial charge in [0.25, 0.3) is 0 Å². The van der Waals surface area contributed by atoms with Crippen LogP contribution >= 0.6 is 15.9 Å². The van der Waals surface area contributed by atoms with E-state index >= 15 is 0 Å². The van der Waals surface area contributed by atoms with Crippen molar-refractivity contribution >= 4 is 21.6 Å². The molecule has 2 N–H and O–H groups in total. The zero-order valence-corrected chi connectivity index (χ0v) is 12.0. The molecule has 1 fully saturated rings. The molecular formula is C14H21BrN2. The topological polar surface area (TPSA) is 29.3 Å². The highest BCUT2D eigenvalue weighted by molar-refractivity contribution is 9.10. The van der Waals surface area contributed by atoms with Gasteiger partial charge >= 0.3 is 0 Å². The van der Waals surface area contributed by atoms with Crippen molar-refractivity contribution in [3.63, 3.8) is 0 Å². The molecule has 0 amide bonds. The van der Waals surface area contributed by atoms with Gasteiger partial charge in [-0.05, 0) is 55.5 Å². The minimum atomic E-state index is 0.845. The van der Waals surface area contributed by atoms with Crippen LogP contribution in [0.2, 0.25) is 0 Å². The number of halogens is 1. The first-order valence-corrected chi connectivity index (χ1v) is 7.24. The number of hydrogen-bond acceptors (Lipinski definition) is 2. The first-order chi connectivity index (χ1) is 8.17. The third-order valence-corrected chi connectivity index (χ3v) is 3.60. The summed E-state index contributed by atoms with van der Waals surface area (Å²) in [4.78, 5) is 2.55. The summed E-state index contributed by atoms with van der Waals surface area (Å²) in [7, 11) is 0. The number of anilines is 1. The van der Waals surface area contributed by atoms with Crippen LogP contribution in [0.5, 0.6) is 0 Å².